The van der Waals surface area contributed by atoms with Crippen molar-refractivity contribution in [1.82, 2.24) is 0 Å². The second kappa shape index (κ2) is 37.5. The summed E-state index contributed by atoms with van der Waals surface area (Å²) >= 11 is 0. The molecule has 0 rings (SSSR count). The normalized spacial score (nSPS) is 14.1. The van der Waals surface area contributed by atoms with E-state index in [1.165, 1.54) is 57.8 Å². The standard InChI is InChI=1S/C45H82NO8P/c1-6-8-10-12-14-16-18-20-22-24-26-28-30-32-34-36-38-45(48)54-43(42-53-55(49,50)52-40-39-46(3,4)5)41-51-44(47)37-35-33-31-29-27-25-23-21-19-17-15-13-11-9-7-2/h15-18,21-24,43H,6-14,19-20,25-42H2,1-5H3/b17-15-,18-16-,23-21-,24-22-. The first-order valence-corrected chi connectivity index (χ1v) is 23.3. The number of carbonyl (C=O) groups excluding carboxylic acids is 2. The van der Waals surface area contributed by atoms with E-state index in [-0.39, 0.29) is 26.1 Å². The third-order valence-corrected chi connectivity index (χ3v) is 10.0. The molecular formula is C45H82NO8P. The number of hydrogen-bond donors (Lipinski definition) is 0. The van der Waals surface area contributed by atoms with Crippen LogP contribution in [0.4, 0.5) is 0 Å². The van der Waals surface area contributed by atoms with Crippen LogP contribution in [0.1, 0.15) is 174 Å². The van der Waals surface area contributed by atoms with Gasteiger partial charge in [-0.25, -0.2) is 0 Å². The Morgan fingerprint density at radius 2 is 0.982 bits per heavy atom. The summed E-state index contributed by atoms with van der Waals surface area (Å²) in [6.45, 7) is 4.14. The lowest BCUT2D eigenvalue weighted by molar-refractivity contribution is -0.870. The van der Waals surface area contributed by atoms with Crippen LogP contribution < -0.4 is 4.89 Å². The van der Waals surface area contributed by atoms with E-state index >= 15 is 0 Å². The number of unbranched alkanes of at least 4 members (excludes halogenated alkanes) is 17. The molecule has 55 heavy (non-hydrogen) atoms. The fraction of sp³-hybridized carbons (Fsp3) is 0.778. The van der Waals surface area contributed by atoms with E-state index in [1.54, 1.807) is 0 Å². The van der Waals surface area contributed by atoms with E-state index in [0.717, 1.165) is 77.0 Å². The molecule has 0 heterocycles. The maximum Gasteiger partial charge on any atom is 0.306 e. The number of carbonyl (C=O) groups is 2. The lowest BCUT2D eigenvalue weighted by Crippen LogP contribution is -2.37. The van der Waals surface area contributed by atoms with Crippen LogP contribution >= 0.6 is 7.82 Å². The van der Waals surface area contributed by atoms with Crippen molar-refractivity contribution in [3.63, 3.8) is 0 Å². The molecule has 0 aromatic carbocycles. The molecule has 0 aromatic rings. The molecule has 0 bridgehead atoms. The van der Waals surface area contributed by atoms with Crippen LogP contribution in [0.5, 0.6) is 0 Å². The van der Waals surface area contributed by atoms with Gasteiger partial charge in [0.25, 0.3) is 7.82 Å². The Hall–Kier alpha value is -2.03. The van der Waals surface area contributed by atoms with Crippen LogP contribution in [-0.2, 0) is 32.7 Å². The van der Waals surface area contributed by atoms with Gasteiger partial charge in [0.2, 0.25) is 0 Å². The summed E-state index contributed by atoms with van der Waals surface area (Å²) in [5.74, 6) is -0.869. The summed E-state index contributed by atoms with van der Waals surface area (Å²) in [4.78, 5) is 37.5. The number of likely N-dealkylation sites (N-methyl/N-ethyl adjacent to an activating group) is 1. The Balaban J connectivity index is 4.43. The maximum atomic E-state index is 12.7. The largest absolute Gasteiger partial charge is 0.756 e. The van der Waals surface area contributed by atoms with E-state index in [2.05, 4.69) is 62.5 Å². The van der Waals surface area contributed by atoms with Gasteiger partial charge in [0.15, 0.2) is 6.10 Å². The first-order chi connectivity index (χ1) is 26.5. The van der Waals surface area contributed by atoms with Gasteiger partial charge in [-0.1, -0.05) is 133 Å². The number of allylic oxidation sites excluding steroid dienone is 8. The lowest BCUT2D eigenvalue weighted by Gasteiger charge is -2.28. The molecule has 320 valence electrons. The molecule has 2 unspecified atom stereocenters. The summed E-state index contributed by atoms with van der Waals surface area (Å²) in [6, 6.07) is 0. The average Bonchev–Trinajstić information content (AvgIpc) is 3.13. The maximum absolute atomic E-state index is 12.7. The highest BCUT2D eigenvalue weighted by molar-refractivity contribution is 7.45. The fourth-order valence-corrected chi connectivity index (χ4v) is 6.32. The zero-order chi connectivity index (χ0) is 40.7. The Labute approximate surface area is 337 Å². The number of rotatable bonds is 39. The molecule has 10 heteroatoms. The van der Waals surface area contributed by atoms with Gasteiger partial charge in [0.05, 0.1) is 27.7 Å². The molecule has 0 radical (unpaired) electrons. The number of ether oxygens (including phenoxy) is 2. The molecule has 0 N–H and O–H groups in total. The van der Waals surface area contributed by atoms with Crippen molar-refractivity contribution in [3.8, 4) is 0 Å². The first-order valence-electron chi connectivity index (χ1n) is 21.8. The predicted molar refractivity (Wildman–Crippen MR) is 227 cm³/mol. The van der Waals surface area contributed by atoms with Crippen LogP contribution in [0.2, 0.25) is 0 Å². The predicted octanol–water partition coefficient (Wildman–Crippen LogP) is 11.7. The van der Waals surface area contributed by atoms with Gasteiger partial charge >= 0.3 is 11.9 Å². The van der Waals surface area contributed by atoms with E-state index in [1.807, 2.05) is 21.1 Å². The average molecular weight is 796 g/mol. The summed E-state index contributed by atoms with van der Waals surface area (Å²) in [6.07, 6.45) is 42.7. The lowest BCUT2D eigenvalue weighted by atomic mass is 10.1. The number of nitrogens with zero attached hydrogens (tertiary/aromatic N) is 1. The van der Waals surface area contributed by atoms with Crippen molar-refractivity contribution in [2.45, 2.75) is 180 Å². The molecule has 0 amide bonds. The van der Waals surface area contributed by atoms with Gasteiger partial charge in [0.1, 0.15) is 19.8 Å². The molecule has 0 saturated heterocycles. The van der Waals surface area contributed by atoms with Crippen LogP contribution in [0, 0.1) is 0 Å². The zero-order valence-corrected chi connectivity index (χ0v) is 36.8. The van der Waals surface area contributed by atoms with E-state index in [9.17, 15) is 19.0 Å². The third-order valence-electron chi connectivity index (χ3n) is 9.07. The van der Waals surface area contributed by atoms with Crippen LogP contribution in [0.15, 0.2) is 48.6 Å². The quantitative estimate of drug-likeness (QED) is 0.0199. The summed E-state index contributed by atoms with van der Waals surface area (Å²) < 4.78 is 33.9. The van der Waals surface area contributed by atoms with Gasteiger partial charge in [-0.05, 0) is 77.0 Å². The van der Waals surface area contributed by atoms with Crippen molar-refractivity contribution >= 4 is 19.8 Å². The second-order valence-corrected chi connectivity index (χ2v) is 17.1. The zero-order valence-electron chi connectivity index (χ0n) is 35.9. The van der Waals surface area contributed by atoms with E-state index < -0.39 is 32.5 Å². The molecular weight excluding hydrogens is 713 g/mol. The second-order valence-electron chi connectivity index (χ2n) is 15.7. The van der Waals surface area contributed by atoms with Crippen LogP contribution in [0.3, 0.4) is 0 Å². The summed E-state index contributed by atoms with van der Waals surface area (Å²) in [5.41, 5.74) is 0. The summed E-state index contributed by atoms with van der Waals surface area (Å²) in [5, 5.41) is 0. The summed E-state index contributed by atoms with van der Waals surface area (Å²) in [7, 11) is 1.14. The molecule has 0 aromatic heterocycles. The number of phosphoric ester groups is 1. The van der Waals surface area contributed by atoms with Gasteiger partial charge in [-0.3, -0.25) is 14.2 Å². The Morgan fingerprint density at radius 1 is 0.564 bits per heavy atom. The number of quaternary nitrogens is 1. The topological polar surface area (TPSA) is 111 Å². The minimum atomic E-state index is -4.63. The van der Waals surface area contributed by atoms with Gasteiger partial charge < -0.3 is 27.9 Å². The van der Waals surface area contributed by atoms with Crippen LogP contribution in [0.25, 0.3) is 0 Å². The molecule has 0 aliphatic heterocycles. The number of phosphoric acid groups is 1. The SMILES string of the molecule is CCCCC/C=C\C/C=C\CCCCCCCC(=O)OCC(COP(=O)([O-])OCC[N+](C)(C)C)OC(=O)CCCCCCC/C=C\C/C=C\CCCCCC. The highest BCUT2D eigenvalue weighted by Crippen LogP contribution is 2.38. The van der Waals surface area contributed by atoms with E-state index in [0.29, 0.717) is 23.9 Å². The van der Waals surface area contributed by atoms with Crippen LogP contribution in [-0.4, -0.2) is 70.0 Å². The molecule has 0 aliphatic rings. The van der Waals surface area contributed by atoms with E-state index in [4.69, 9.17) is 18.5 Å². The first kappa shape index (κ1) is 53.0. The Morgan fingerprint density at radius 3 is 1.47 bits per heavy atom. The number of hydrogen-bond acceptors (Lipinski definition) is 8. The Bertz CT molecular complexity index is 1080. The van der Waals surface area contributed by atoms with Gasteiger partial charge in [-0.15, -0.1) is 0 Å². The minimum absolute atomic E-state index is 0.0375. The molecule has 0 spiro atoms. The third kappa shape index (κ3) is 41.4. The smallest absolute Gasteiger partial charge is 0.306 e. The molecule has 9 nitrogen and oxygen atoms in total. The van der Waals surface area contributed by atoms with Crippen molar-refractivity contribution < 1.29 is 42.1 Å². The van der Waals surface area contributed by atoms with Crippen molar-refractivity contribution in [3.05, 3.63) is 48.6 Å². The fourth-order valence-electron chi connectivity index (χ4n) is 5.60. The highest BCUT2D eigenvalue weighted by Gasteiger charge is 2.21. The van der Waals surface area contributed by atoms with Crippen molar-refractivity contribution in [2.75, 3.05) is 47.5 Å². The highest BCUT2D eigenvalue weighted by atomic mass is 31.2. The number of esters is 2. The van der Waals surface area contributed by atoms with Crippen molar-refractivity contribution in [2.24, 2.45) is 0 Å². The Kier molecular flexibility index (Phi) is 36.2. The monoisotopic (exact) mass is 796 g/mol. The van der Waals surface area contributed by atoms with Gasteiger partial charge in [-0.2, -0.15) is 0 Å². The molecule has 2 atom stereocenters. The molecule has 0 fully saturated rings. The molecule has 0 aliphatic carbocycles. The van der Waals surface area contributed by atoms with Gasteiger partial charge in [0, 0.05) is 12.8 Å². The molecule has 0 saturated carbocycles. The minimum Gasteiger partial charge on any atom is -0.756 e. The van der Waals surface area contributed by atoms with Crippen molar-refractivity contribution in [1.29, 1.82) is 0 Å².